The van der Waals surface area contributed by atoms with Crippen molar-refractivity contribution >= 4 is 57.2 Å². The van der Waals surface area contributed by atoms with Gasteiger partial charge in [-0.2, -0.15) is 0 Å². The molecule has 0 spiro atoms. The van der Waals surface area contributed by atoms with Gasteiger partial charge in [-0.15, -0.1) is 0 Å². The molecule has 2 aliphatic rings. The molecular formula is C90H71BN4. The molecule has 4 nitrogen and oxygen atoms in total. The van der Waals surface area contributed by atoms with Crippen LogP contribution in [-0.4, -0.2) is 16.7 Å². The third kappa shape index (κ3) is 11.2. The molecule has 0 aliphatic carbocycles. The summed E-state index contributed by atoms with van der Waals surface area (Å²) in [5.74, 6) is 0.618. The van der Waals surface area contributed by atoms with Crippen LogP contribution in [0.15, 0.2) is 322 Å². The molecule has 13 aromatic carbocycles. The van der Waals surface area contributed by atoms with Gasteiger partial charge in [-0.05, 0) is 196 Å². The Kier molecular flexibility index (Phi) is 14.8. The maximum Gasteiger partial charge on any atom is 0.252 e. The normalized spacial score (nSPS) is 12.5. The Balaban J connectivity index is 1.01. The van der Waals surface area contributed by atoms with Crippen LogP contribution in [0.25, 0.3) is 101 Å². The van der Waals surface area contributed by atoms with Gasteiger partial charge in [0.15, 0.2) is 5.82 Å². The zero-order valence-corrected chi connectivity index (χ0v) is 54.5. The van der Waals surface area contributed by atoms with Crippen molar-refractivity contribution < 1.29 is 0 Å². The molecular weight excluding hydrogens is 1150 g/mol. The van der Waals surface area contributed by atoms with Crippen LogP contribution < -0.4 is 26.2 Å². The van der Waals surface area contributed by atoms with E-state index >= 15 is 0 Å². The third-order valence-electron chi connectivity index (χ3n) is 19.1. The fraction of sp³-hybridized carbons (Fsp3) is 0.0889. The summed E-state index contributed by atoms with van der Waals surface area (Å²) in [6.07, 6.45) is 0. The van der Waals surface area contributed by atoms with Gasteiger partial charge in [0.25, 0.3) is 6.71 Å². The predicted molar refractivity (Wildman–Crippen MR) is 402 cm³/mol. The summed E-state index contributed by atoms with van der Waals surface area (Å²) in [6.45, 7) is 13.6. The summed E-state index contributed by atoms with van der Waals surface area (Å²) >= 11 is 0. The van der Waals surface area contributed by atoms with Crippen LogP contribution in [0.5, 0.6) is 0 Å². The van der Waals surface area contributed by atoms with Crippen LogP contribution in [0.4, 0.5) is 34.1 Å². The fourth-order valence-corrected chi connectivity index (χ4v) is 14.1. The molecule has 14 aromatic rings. The van der Waals surface area contributed by atoms with Gasteiger partial charge in [-0.25, -0.2) is 9.97 Å². The number of hydrogen-bond acceptors (Lipinski definition) is 4. The molecule has 3 heterocycles. The monoisotopic (exact) mass is 1220 g/mol. The van der Waals surface area contributed by atoms with E-state index in [0.717, 1.165) is 107 Å². The van der Waals surface area contributed by atoms with Gasteiger partial charge in [-0.1, -0.05) is 272 Å². The molecule has 0 amide bonds. The number of fused-ring (bicyclic) bond motifs is 4. The first-order valence-corrected chi connectivity index (χ1v) is 33.1. The molecule has 0 N–H and O–H groups in total. The topological polar surface area (TPSA) is 32.3 Å². The highest BCUT2D eigenvalue weighted by atomic mass is 15.2. The first kappa shape index (κ1) is 58.7. The molecule has 95 heavy (non-hydrogen) atoms. The van der Waals surface area contributed by atoms with Gasteiger partial charge < -0.3 is 9.80 Å². The number of anilines is 6. The highest BCUT2D eigenvalue weighted by Crippen LogP contribution is 2.48. The van der Waals surface area contributed by atoms with Crippen LogP contribution in [0.3, 0.4) is 0 Å². The summed E-state index contributed by atoms with van der Waals surface area (Å²) in [5, 5.41) is 0. The van der Waals surface area contributed by atoms with E-state index in [1.165, 1.54) is 49.8 Å². The number of hydrogen-bond donors (Lipinski definition) is 0. The average Bonchev–Trinajstić information content (AvgIpc) is 0.696. The van der Waals surface area contributed by atoms with E-state index in [1.54, 1.807) is 0 Å². The number of rotatable bonds is 11. The largest absolute Gasteiger partial charge is 0.311 e. The molecule has 0 saturated carbocycles. The number of nitrogens with zero attached hydrogens (tertiary/aromatic N) is 4. The molecule has 0 fully saturated rings. The third-order valence-corrected chi connectivity index (χ3v) is 19.1. The second-order valence-corrected chi connectivity index (χ2v) is 27.4. The van der Waals surface area contributed by atoms with Crippen molar-refractivity contribution in [2.75, 3.05) is 9.80 Å². The maximum absolute atomic E-state index is 5.90. The van der Waals surface area contributed by atoms with Gasteiger partial charge in [0.1, 0.15) is 0 Å². The van der Waals surface area contributed by atoms with Gasteiger partial charge in [-0.3, -0.25) is 0 Å². The summed E-state index contributed by atoms with van der Waals surface area (Å²) < 4.78 is 0. The summed E-state index contributed by atoms with van der Waals surface area (Å²) in [7, 11) is 0. The quantitative estimate of drug-likeness (QED) is 0.121. The van der Waals surface area contributed by atoms with E-state index in [-0.39, 0.29) is 17.5 Å². The second kappa shape index (κ2) is 23.9. The predicted octanol–water partition coefficient (Wildman–Crippen LogP) is 22.2. The van der Waals surface area contributed by atoms with Crippen LogP contribution in [0, 0.1) is 0 Å². The molecule has 454 valence electrons. The van der Waals surface area contributed by atoms with E-state index in [9.17, 15) is 0 Å². The van der Waals surface area contributed by atoms with Crippen LogP contribution in [-0.2, 0) is 10.8 Å². The van der Waals surface area contributed by atoms with Gasteiger partial charge >= 0.3 is 0 Å². The molecule has 0 radical (unpaired) electrons. The summed E-state index contributed by atoms with van der Waals surface area (Å²) in [5.41, 5.74) is 30.8. The summed E-state index contributed by atoms with van der Waals surface area (Å²) in [6, 6.07) is 118. The summed E-state index contributed by atoms with van der Waals surface area (Å²) in [4.78, 5) is 16.8. The van der Waals surface area contributed by atoms with E-state index < -0.39 is 0 Å². The molecule has 1 aromatic heterocycles. The van der Waals surface area contributed by atoms with E-state index in [2.05, 4.69) is 373 Å². The lowest BCUT2D eigenvalue weighted by molar-refractivity contribution is 0.590. The minimum atomic E-state index is -0.182. The minimum absolute atomic E-state index is 0.0542. The van der Waals surface area contributed by atoms with E-state index in [0.29, 0.717) is 5.82 Å². The molecule has 0 atom stereocenters. The molecule has 0 unspecified atom stereocenters. The molecule has 0 bridgehead atoms. The van der Waals surface area contributed by atoms with Crippen LogP contribution >= 0.6 is 0 Å². The Labute approximate surface area is 559 Å². The SMILES string of the molecule is CC(C)(C)c1ccc(N2c3ccc(-c4ccccc4)cc3B3c4cc(-c5ccccc5)ccc4N(c4ccc(C(C)(C)C)cc4)c4cc(-c5nc(-c6cc(-c7ccccc7)cc(-c7ccccc7)c6)cc(-c6cc(-c7ccccc7)cc(-c7ccccc7)c6)n5)cc2c43)cc1. The standard InChI is InChI=1S/C90H71BN4/c1-89(2,3)75-39-43-77(44-40-75)94-83-47-37-66(60-25-13-7-14-26-60)55-79(83)91-80-56-67(61-27-15-8-16-28-61)38-48-84(80)95(78-45-41-76(42-46-78)90(4,5)6)86-58-74(57-85(94)87(86)91)88-92-81(72-51-68(62-29-17-9-18-30-62)49-69(52-72)63-31-19-10-20-32-63)59-82(93-88)73-53-70(64-33-21-11-22-34-64)50-71(54-73)65-35-23-12-24-36-65/h7-59H,1-6H3. The smallest absolute Gasteiger partial charge is 0.252 e. The van der Waals surface area contributed by atoms with Crippen molar-refractivity contribution in [2.24, 2.45) is 0 Å². The number of aromatic nitrogens is 2. The Morgan fingerprint density at radius 1 is 0.242 bits per heavy atom. The molecule has 16 rings (SSSR count). The van der Waals surface area contributed by atoms with E-state index in [1.807, 2.05) is 0 Å². The lowest BCUT2D eigenvalue weighted by Gasteiger charge is -2.44. The second-order valence-electron chi connectivity index (χ2n) is 27.4. The lowest BCUT2D eigenvalue weighted by atomic mass is 9.33. The Hall–Kier alpha value is -11.4. The van der Waals surface area contributed by atoms with Crippen molar-refractivity contribution in [1.82, 2.24) is 9.97 Å². The van der Waals surface area contributed by atoms with Crippen molar-refractivity contribution in [3.8, 4) is 101 Å². The average molecular weight is 1220 g/mol. The zero-order valence-electron chi connectivity index (χ0n) is 54.5. The minimum Gasteiger partial charge on any atom is -0.311 e. The van der Waals surface area contributed by atoms with Crippen molar-refractivity contribution in [1.29, 1.82) is 0 Å². The van der Waals surface area contributed by atoms with Crippen LogP contribution in [0.1, 0.15) is 52.7 Å². The maximum atomic E-state index is 5.90. The Morgan fingerprint density at radius 3 is 0.842 bits per heavy atom. The first-order chi connectivity index (χ1) is 46.3. The molecule has 2 aliphatic heterocycles. The van der Waals surface area contributed by atoms with Crippen LogP contribution in [0.2, 0.25) is 0 Å². The lowest BCUT2D eigenvalue weighted by Crippen LogP contribution is -2.61. The van der Waals surface area contributed by atoms with Gasteiger partial charge in [0, 0.05) is 50.8 Å². The zero-order chi connectivity index (χ0) is 64.4. The highest BCUT2D eigenvalue weighted by Gasteiger charge is 2.44. The van der Waals surface area contributed by atoms with E-state index in [4.69, 9.17) is 9.97 Å². The highest BCUT2D eigenvalue weighted by molar-refractivity contribution is 7.00. The molecule has 0 saturated heterocycles. The van der Waals surface area contributed by atoms with Crippen molar-refractivity contribution in [3.63, 3.8) is 0 Å². The van der Waals surface area contributed by atoms with Crippen molar-refractivity contribution in [2.45, 2.75) is 52.4 Å². The molecule has 5 heteroatoms. The van der Waals surface area contributed by atoms with Gasteiger partial charge in [0.2, 0.25) is 0 Å². The van der Waals surface area contributed by atoms with Gasteiger partial charge in [0.05, 0.1) is 11.4 Å². The van der Waals surface area contributed by atoms with Crippen molar-refractivity contribution in [3.05, 3.63) is 333 Å². The first-order valence-electron chi connectivity index (χ1n) is 33.1. The Bertz CT molecular complexity index is 4720. The Morgan fingerprint density at radius 2 is 0.537 bits per heavy atom. The number of benzene rings is 13. The fourth-order valence-electron chi connectivity index (χ4n) is 14.1.